The molecule has 5 heteroatoms. The molecule has 2 rings (SSSR count). The van der Waals surface area contributed by atoms with Gasteiger partial charge in [-0.25, -0.2) is 0 Å². The second kappa shape index (κ2) is 7.35. The number of carbonyl (C=O) groups is 1. The summed E-state index contributed by atoms with van der Waals surface area (Å²) in [6.07, 6.45) is 2.89. The molecular formula is C18H19NO4. The van der Waals surface area contributed by atoms with E-state index in [-0.39, 0.29) is 11.5 Å². The van der Waals surface area contributed by atoms with E-state index in [1.165, 1.54) is 26.5 Å². The van der Waals surface area contributed by atoms with Gasteiger partial charge in [-0.1, -0.05) is 6.07 Å². The first-order chi connectivity index (χ1) is 11.0. The van der Waals surface area contributed by atoms with Gasteiger partial charge in [0.2, 0.25) is 0 Å². The van der Waals surface area contributed by atoms with Crippen molar-refractivity contribution in [3.63, 3.8) is 0 Å². The third kappa shape index (κ3) is 4.03. The second-order valence-electron chi connectivity index (χ2n) is 4.93. The lowest BCUT2D eigenvalue weighted by molar-refractivity contribution is 0.104. The minimum absolute atomic E-state index is 0.124. The maximum atomic E-state index is 12.2. The van der Waals surface area contributed by atoms with Crippen LogP contribution in [0.5, 0.6) is 17.2 Å². The molecule has 0 saturated heterocycles. The van der Waals surface area contributed by atoms with Crippen LogP contribution in [0.4, 0.5) is 5.69 Å². The van der Waals surface area contributed by atoms with Crippen molar-refractivity contribution in [2.24, 2.45) is 0 Å². The highest BCUT2D eigenvalue weighted by Gasteiger charge is 2.08. The van der Waals surface area contributed by atoms with Crippen LogP contribution in [0, 0.1) is 6.92 Å². The quantitative estimate of drug-likeness (QED) is 0.485. The smallest absolute Gasteiger partial charge is 0.187 e. The molecule has 0 aromatic heterocycles. The molecule has 0 radical (unpaired) electrons. The molecule has 0 heterocycles. The van der Waals surface area contributed by atoms with Gasteiger partial charge in [0.05, 0.1) is 19.9 Å². The van der Waals surface area contributed by atoms with Crippen LogP contribution in [0.25, 0.3) is 0 Å². The zero-order valence-electron chi connectivity index (χ0n) is 13.3. The van der Waals surface area contributed by atoms with Crippen molar-refractivity contribution >= 4 is 11.5 Å². The fourth-order valence-corrected chi connectivity index (χ4v) is 2.06. The highest BCUT2D eigenvalue weighted by atomic mass is 16.5. The van der Waals surface area contributed by atoms with E-state index in [0.29, 0.717) is 22.7 Å². The minimum Gasteiger partial charge on any atom is -0.506 e. The number of allylic oxidation sites excluding steroid dienone is 1. The maximum absolute atomic E-state index is 12.2. The number of ether oxygens (including phenoxy) is 2. The number of aryl methyl sites for hydroxylation is 1. The number of nitrogens with one attached hydrogen (secondary N) is 1. The molecule has 0 unspecified atom stereocenters. The lowest BCUT2D eigenvalue weighted by atomic mass is 10.1. The summed E-state index contributed by atoms with van der Waals surface area (Å²) in [5.74, 6) is 0.997. The Morgan fingerprint density at radius 1 is 1.09 bits per heavy atom. The third-order valence-electron chi connectivity index (χ3n) is 3.29. The summed E-state index contributed by atoms with van der Waals surface area (Å²) in [7, 11) is 3.06. The lowest BCUT2D eigenvalue weighted by Gasteiger charge is -2.08. The number of aromatic hydroxyl groups is 1. The van der Waals surface area contributed by atoms with Crippen LogP contribution in [0.2, 0.25) is 0 Å². The molecule has 0 saturated carbocycles. The van der Waals surface area contributed by atoms with Crippen molar-refractivity contribution < 1.29 is 19.4 Å². The van der Waals surface area contributed by atoms with Crippen LogP contribution in [0.1, 0.15) is 15.9 Å². The molecule has 0 spiro atoms. The van der Waals surface area contributed by atoms with Gasteiger partial charge in [-0.2, -0.15) is 0 Å². The SMILES string of the molecule is COc1ccc(C(=O)/C=C/Nc2cc(C)ccc2O)cc1OC. The number of rotatable bonds is 6. The molecule has 0 aliphatic heterocycles. The van der Waals surface area contributed by atoms with Crippen molar-refractivity contribution in [2.75, 3.05) is 19.5 Å². The summed E-state index contributed by atoms with van der Waals surface area (Å²) in [5, 5.41) is 12.6. The van der Waals surface area contributed by atoms with Crippen molar-refractivity contribution in [1.82, 2.24) is 0 Å². The summed E-state index contributed by atoms with van der Waals surface area (Å²) in [6, 6.07) is 10.2. The average molecular weight is 313 g/mol. The van der Waals surface area contributed by atoms with Gasteiger partial charge in [0.1, 0.15) is 5.75 Å². The first kappa shape index (κ1) is 16.4. The summed E-state index contributed by atoms with van der Waals surface area (Å²) in [4.78, 5) is 12.2. The van der Waals surface area contributed by atoms with E-state index in [4.69, 9.17) is 9.47 Å². The molecule has 0 fully saturated rings. The van der Waals surface area contributed by atoms with Gasteiger partial charge in [0, 0.05) is 17.8 Å². The molecule has 0 bridgehead atoms. The number of hydrogen-bond acceptors (Lipinski definition) is 5. The molecule has 5 nitrogen and oxygen atoms in total. The van der Waals surface area contributed by atoms with Gasteiger partial charge in [0.15, 0.2) is 17.3 Å². The van der Waals surface area contributed by atoms with Gasteiger partial charge in [-0.15, -0.1) is 0 Å². The van der Waals surface area contributed by atoms with E-state index < -0.39 is 0 Å². The molecule has 120 valence electrons. The molecule has 2 aromatic rings. The molecular weight excluding hydrogens is 294 g/mol. The largest absolute Gasteiger partial charge is 0.506 e. The number of carbonyl (C=O) groups excluding carboxylic acids is 1. The predicted octanol–water partition coefficient (Wildman–Crippen LogP) is 3.53. The Balaban J connectivity index is 2.11. The van der Waals surface area contributed by atoms with Crippen molar-refractivity contribution in [2.45, 2.75) is 6.92 Å². The third-order valence-corrected chi connectivity index (χ3v) is 3.29. The maximum Gasteiger partial charge on any atom is 0.187 e. The molecule has 2 N–H and O–H groups in total. The average Bonchev–Trinajstić information content (AvgIpc) is 2.57. The zero-order chi connectivity index (χ0) is 16.8. The van der Waals surface area contributed by atoms with Gasteiger partial charge in [-0.05, 0) is 42.8 Å². The Morgan fingerprint density at radius 2 is 1.83 bits per heavy atom. The predicted molar refractivity (Wildman–Crippen MR) is 89.5 cm³/mol. The Bertz CT molecular complexity index is 738. The summed E-state index contributed by atoms with van der Waals surface area (Å²) >= 11 is 0. The molecule has 2 aromatic carbocycles. The van der Waals surface area contributed by atoms with E-state index in [2.05, 4.69) is 5.32 Å². The fraction of sp³-hybridized carbons (Fsp3) is 0.167. The molecule has 0 aliphatic rings. The second-order valence-corrected chi connectivity index (χ2v) is 4.93. The highest BCUT2D eigenvalue weighted by Crippen LogP contribution is 2.28. The Morgan fingerprint density at radius 3 is 2.52 bits per heavy atom. The van der Waals surface area contributed by atoms with Crippen molar-refractivity contribution in [1.29, 1.82) is 0 Å². The first-order valence-corrected chi connectivity index (χ1v) is 7.04. The number of methoxy groups -OCH3 is 2. The van der Waals surface area contributed by atoms with Gasteiger partial charge >= 0.3 is 0 Å². The molecule has 0 aliphatic carbocycles. The molecule has 0 atom stereocenters. The Hall–Kier alpha value is -2.95. The van der Waals surface area contributed by atoms with Crippen LogP contribution in [-0.2, 0) is 0 Å². The number of phenols is 1. The van der Waals surface area contributed by atoms with E-state index in [0.717, 1.165) is 5.56 Å². The Kier molecular flexibility index (Phi) is 5.25. The van der Waals surface area contributed by atoms with Gasteiger partial charge < -0.3 is 19.9 Å². The standard InChI is InChI=1S/C18H19NO4/c1-12-4-6-16(21)14(10-12)19-9-8-15(20)13-5-7-17(22-2)18(11-13)23-3/h4-11,19,21H,1-3H3/b9-8+. The van der Waals surface area contributed by atoms with Crippen molar-refractivity contribution in [3.05, 3.63) is 59.8 Å². The summed E-state index contributed by atoms with van der Waals surface area (Å²) in [5.41, 5.74) is 2.03. The summed E-state index contributed by atoms with van der Waals surface area (Å²) < 4.78 is 10.3. The van der Waals surface area contributed by atoms with Gasteiger partial charge in [-0.3, -0.25) is 4.79 Å². The van der Waals surface area contributed by atoms with E-state index in [1.807, 2.05) is 6.92 Å². The fourth-order valence-electron chi connectivity index (χ4n) is 2.06. The van der Waals surface area contributed by atoms with E-state index in [9.17, 15) is 9.90 Å². The van der Waals surface area contributed by atoms with Crippen LogP contribution < -0.4 is 14.8 Å². The number of anilines is 1. The van der Waals surface area contributed by atoms with Crippen LogP contribution >= 0.6 is 0 Å². The van der Waals surface area contributed by atoms with Gasteiger partial charge in [0.25, 0.3) is 0 Å². The highest BCUT2D eigenvalue weighted by molar-refractivity contribution is 6.05. The molecule has 23 heavy (non-hydrogen) atoms. The van der Waals surface area contributed by atoms with Crippen LogP contribution in [0.15, 0.2) is 48.7 Å². The zero-order valence-corrected chi connectivity index (χ0v) is 13.3. The monoisotopic (exact) mass is 313 g/mol. The first-order valence-electron chi connectivity index (χ1n) is 7.04. The summed E-state index contributed by atoms with van der Waals surface area (Å²) in [6.45, 7) is 1.92. The number of ketones is 1. The topological polar surface area (TPSA) is 67.8 Å². The van der Waals surface area contributed by atoms with E-state index in [1.54, 1.807) is 36.4 Å². The number of benzene rings is 2. The van der Waals surface area contributed by atoms with Crippen LogP contribution in [-0.4, -0.2) is 25.1 Å². The Labute approximate surface area is 135 Å². The van der Waals surface area contributed by atoms with Crippen molar-refractivity contribution in [3.8, 4) is 17.2 Å². The molecule has 0 amide bonds. The number of hydrogen-bond donors (Lipinski definition) is 2. The number of phenolic OH excluding ortho intramolecular Hbond substituents is 1. The van der Waals surface area contributed by atoms with Crippen LogP contribution in [0.3, 0.4) is 0 Å². The lowest BCUT2D eigenvalue weighted by Crippen LogP contribution is -1.99. The normalized spacial score (nSPS) is 10.6. The minimum atomic E-state index is -0.189. The van der Waals surface area contributed by atoms with E-state index >= 15 is 0 Å².